The molecule has 1 aromatic rings. The summed E-state index contributed by atoms with van der Waals surface area (Å²) in [6.45, 7) is 2.37. The molecule has 1 fully saturated rings. The second-order valence-corrected chi connectivity index (χ2v) is 5.90. The van der Waals surface area contributed by atoms with Crippen molar-refractivity contribution in [2.45, 2.75) is 12.8 Å². The molecule has 110 valence electrons. The zero-order valence-electron chi connectivity index (χ0n) is 11.5. The summed E-state index contributed by atoms with van der Waals surface area (Å²) >= 11 is 3.18. The van der Waals surface area contributed by atoms with Gasteiger partial charge in [-0.05, 0) is 46.8 Å². The number of hydrogen-bond donors (Lipinski definition) is 2. The van der Waals surface area contributed by atoms with E-state index >= 15 is 0 Å². The van der Waals surface area contributed by atoms with Crippen LogP contribution < -0.4 is 10.6 Å². The Bertz CT molecular complexity index is 503. The van der Waals surface area contributed by atoms with E-state index in [9.17, 15) is 4.39 Å². The van der Waals surface area contributed by atoms with Crippen molar-refractivity contribution in [3.8, 4) is 0 Å². The van der Waals surface area contributed by atoms with E-state index in [2.05, 4.69) is 15.9 Å². The first kappa shape index (κ1) is 15.3. The molecule has 3 N–H and O–H groups in total. The number of benzene rings is 1. The highest BCUT2D eigenvalue weighted by Gasteiger charge is 2.20. The minimum Gasteiger partial charge on any atom is -0.384 e. The Morgan fingerprint density at radius 3 is 2.75 bits per heavy atom. The highest BCUT2D eigenvalue weighted by atomic mass is 79.9. The first-order valence-corrected chi connectivity index (χ1v) is 7.41. The molecule has 0 atom stereocenters. The Labute approximate surface area is 126 Å². The van der Waals surface area contributed by atoms with Crippen LogP contribution in [0.2, 0.25) is 0 Å². The van der Waals surface area contributed by atoms with Gasteiger partial charge in [-0.3, -0.25) is 5.41 Å². The van der Waals surface area contributed by atoms with E-state index in [1.54, 1.807) is 12.1 Å². The molecule has 1 aromatic carbocycles. The minimum atomic E-state index is -0.368. The van der Waals surface area contributed by atoms with E-state index in [4.69, 9.17) is 15.9 Å². The smallest absolute Gasteiger partial charge is 0.161 e. The molecule has 2 rings (SSSR count). The largest absolute Gasteiger partial charge is 0.384 e. The van der Waals surface area contributed by atoms with Crippen LogP contribution in [-0.2, 0) is 4.74 Å². The molecule has 4 nitrogen and oxygen atoms in total. The van der Waals surface area contributed by atoms with Crippen molar-refractivity contribution in [2.75, 3.05) is 31.7 Å². The summed E-state index contributed by atoms with van der Waals surface area (Å²) in [5, 5.41) is 7.41. The molecule has 0 bridgehead atoms. The fourth-order valence-electron chi connectivity index (χ4n) is 2.46. The molecule has 0 unspecified atom stereocenters. The van der Waals surface area contributed by atoms with Gasteiger partial charge >= 0.3 is 0 Å². The lowest BCUT2D eigenvalue weighted by Gasteiger charge is -2.29. The summed E-state index contributed by atoms with van der Waals surface area (Å²) in [6, 6.07) is 3.35. The quantitative estimate of drug-likeness (QED) is 0.652. The summed E-state index contributed by atoms with van der Waals surface area (Å²) < 4.78 is 19.9. The molecule has 0 amide bonds. The summed E-state index contributed by atoms with van der Waals surface area (Å²) in [7, 11) is 1.88. The predicted octanol–water partition coefficient (Wildman–Crippen LogP) is 2.74. The van der Waals surface area contributed by atoms with Crippen LogP contribution in [0.3, 0.4) is 0 Å². The number of rotatable bonds is 4. The molecule has 0 aliphatic carbocycles. The Kier molecular flexibility index (Phi) is 4.99. The Balaban J connectivity index is 2.15. The van der Waals surface area contributed by atoms with Crippen LogP contribution in [-0.4, -0.2) is 32.6 Å². The van der Waals surface area contributed by atoms with Crippen LogP contribution in [0.25, 0.3) is 0 Å². The number of halogens is 2. The normalized spacial score (nSPS) is 16.1. The van der Waals surface area contributed by atoms with Gasteiger partial charge in [0, 0.05) is 32.4 Å². The van der Waals surface area contributed by atoms with Gasteiger partial charge in [0.25, 0.3) is 0 Å². The van der Waals surface area contributed by atoms with Crippen molar-refractivity contribution in [3.05, 3.63) is 28.0 Å². The van der Waals surface area contributed by atoms with Crippen LogP contribution in [0.5, 0.6) is 0 Å². The van der Waals surface area contributed by atoms with Crippen LogP contribution in [0.1, 0.15) is 18.4 Å². The number of nitrogens with one attached hydrogen (secondary N) is 1. The molecule has 20 heavy (non-hydrogen) atoms. The van der Waals surface area contributed by atoms with E-state index in [1.165, 1.54) is 0 Å². The van der Waals surface area contributed by atoms with E-state index in [0.717, 1.165) is 32.6 Å². The van der Waals surface area contributed by atoms with Gasteiger partial charge in [0.2, 0.25) is 0 Å². The topological polar surface area (TPSA) is 62.3 Å². The van der Waals surface area contributed by atoms with Crippen LogP contribution >= 0.6 is 15.9 Å². The first-order valence-electron chi connectivity index (χ1n) is 6.62. The number of ether oxygens (including phenoxy) is 1. The fourth-order valence-corrected chi connectivity index (χ4v) is 3.01. The molecule has 1 aliphatic rings. The van der Waals surface area contributed by atoms with E-state index < -0.39 is 0 Å². The first-order chi connectivity index (χ1) is 9.50. The molecule has 1 saturated heterocycles. The number of nitrogen functional groups attached to an aromatic ring is 1. The van der Waals surface area contributed by atoms with E-state index in [1.807, 2.05) is 11.9 Å². The van der Waals surface area contributed by atoms with Gasteiger partial charge < -0.3 is 15.4 Å². The number of hydrogen-bond acceptors (Lipinski definition) is 3. The second kappa shape index (κ2) is 6.54. The zero-order valence-corrected chi connectivity index (χ0v) is 13.0. The summed E-state index contributed by atoms with van der Waals surface area (Å²) in [5.41, 5.74) is 6.32. The minimum absolute atomic E-state index is 0.144. The van der Waals surface area contributed by atoms with Crippen molar-refractivity contribution < 1.29 is 9.13 Å². The maximum Gasteiger partial charge on any atom is 0.161 e. The molecule has 0 saturated carbocycles. The number of anilines is 1. The Hall–Kier alpha value is -1.14. The molecular weight excluding hydrogens is 325 g/mol. The van der Waals surface area contributed by atoms with Gasteiger partial charge in [-0.15, -0.1) is 0 Å². The van der Waals surface area contributed by atoms with Crippen molar-refractivity contribution in [2.24, 2.45) is 11.7 Å². The van der Waals surface area contributed by atoms with Gasteiger partial charge in [-0.1, -0.05) is 0 Å². The maximum atomic E-state index is 14.4. The fraction of sp³-hybridized carbons (Fsp3) is 0.500. The van der Waals surface area contributed by atoms with Crippen molar-refractivity contribution in [1.82, 2.24) is 0 Å². The SMILES string of the molecule is CN(CC1CCOCC1)c1ccc(C(=N)N)c(Br)c1F. The van der Waals surface area contributed by atoms with E-state index in [0.29, 0.717) is 17.2 Å². The van der Waals surface area contributed by atoms with E-state index in [-0.39, 0.29) is 16.1 Å². The molecule has 1 heterocycles. The van der Waals surface area contributed by atoms with Gasteiger partial charge in [0.05, 0.1) is 10.2 Å². The Morgan fingerprint density at radius 1 is 1.50 bits per heavy atom. The molecule has 1 aliphatic heterocycles. The number of nitrogens with two attached hydrogens (primary N) is 1. The lowest BCUT2D eigenvalue weighted by molar-refractivity contribution is 0.0685. The number of amidine groups is 1. The van der Waals surface area contributed by atoms with Crippen molar-refractivity contribution in [3.63, 3.8) is 0 Å². The predicted molar refractivity (Wildman–Crippen MR) is 81.9 cm³/mol. The zero-order chi connectivity index (χ0) is 14.7. The van der Waals surface area contributed by atoms with Crippen molar-refractivity contribution >= 4 is 27.5 Å². The average molecular weight is 344 g/mol. The van der Waals surface area contributed by atoms with Gasteiger partial charge in [0.15, 0.2) is 5.82 Å². The molecular formula is C14H19BrFN3O. The van der Waals surface area contributed by atoms with Gasteiger partial charge in [-0.2, -0.15) is 0 Å². The van der Waals surface area contributed by atoms with Crippen LogP contribution in [0.15, 0.2) is 16.6 Å². The third-order valence-electron chi connectivity index (χ3n) is 3.64. The molecule has 0 spiro atoms. The van der Waals surface area contributed by atoms with Crippen LogP contribution in [0, 0.1) is 17.1 Å². The van der Waals surface area contributed by atoms with Gasteiger partial charge in [0.1, 0.15) is 5.84 Å². The highest BCUT2D eigenvalue weighted by Crippen LogP contribution is 2.30. The molecule has 0 aromatic heterocycles. The third kappa shape index (κ3) is 3.30. The second-order valence-electron chi connectivity index (χ2n) is 5.11. The summed E-state index contributed by atoms with van der Waals surface area (Å²) in [6.07, 6.45) is 2.03. The lowest BCUT2D eigenvalue weighted by Crippen LogP contribution is -2.30. The molecule has 6 heteroatoms. The standard InChI is InChI=1S/C14H19BrFN3O/c1-19(8-9-4-6-20-7-5-9)11-3-2-10(14(17)18)12(15)13(11)16/h2-3,9H,4-8H2,1H3,(H3,17,18). The van der Waals surface area contributed by atoms with Crippen molar-refractivity contribution in [1.29, 1.82) is 5.41 Å². The lowest BCUT2D eigenvalue weighted by atomic mass is 9.99. The van der Waals surface area contributed by atoms with Crippen LogP contribution in [0.4, 0.5) is 10.1 Å². The maximum absolute atomic E-state index is 14.4. The molecule has 0 radical (unpaired) electrons. The van der Waals surface area contributed by atoms with Gasteiger partial charge in [-0.25, -0.2) is 4.39 Å². The summed E-state index contributed by atoms with van der Waals surface area (Å²) in [4.78, 5) is 1.92. The number of nitrogens with zero attached hydrogens (tertiary/aromatic N) is 1. The monoisotopic (exact) mass is 343 g/mol. The Morgan fingerprint density at radius 2 is 2.15 bits per heavy atom. The average Bonchev–Trinajstić information content (AvgIpc) is 2.42. The highest BCUT2D eigenvalue weighted by molar-refractivity contribution is 9.10. The third-order valence-corrected chi connectivity index (χ3v) is 4.41. The summed E-state index contributed by atoms with van der Waals surface area (Å²) in [5.74, 6) is 0.0149.